The molecule has 0 bridgehead atoms. The van der Waals surface area contributed by atoms with E-state index in [1.54, 1.807) is 6.07 Å². The van der Waals surface area contributed by atoms with Gasteiger partial charge in [-0.25, -0.2) is 18.7 Å². The molecule has 0 radical (unpaired) electrons. The number of hydrogen-bond donors (Lipinski definition) is 1. The molecular formula is C27H23Cl2F2N5O. The predicted molar refractivity (Wildman–Crippen MR) is 142 cm³/mol. The Morgan fingerprint density at radius 3 is 2.49 bits per heavy atom. The largest absolute Gasteiger partial charge is 0.324 e. The number of anilines is 2. The van der Waals surface area contributed by atoms with Gasteiger partial charge in [0.1, 0.15) is 0 Å². The number of alkyl halides is 2. The van der Waals surface area contributed by atoms with Gasteiger partial charge in [-0.3, -0.25) is 14.3 Å². The van der Waals surface area contributed by atoms with Gasteiger partial charge in [-0.1, -0.05) is 35.3 Å². The van der Waals surface area contributed by atoms with Crippen LogP contribution in [0.25, 0.3) is 16.6 Å². The molecule has 190 valence electrons. The van der Waals surface area contributed by atoms with Crippen LogP contribution in [-0.2, 0) is 12.8 Å². The SMILES string of the molecule is O=c1c2cnc(Nc3ccc4c(c3)CC(N3CCCC3)C4)nc2c(C(F)F)cn1-c1c(Cl)cccc1Cl. The first-order valence-electron chi connectivity index (χ1n) is 12.2. The quantitative estimate of drug-likeness (QED) is 0.319. The molecule has 1 aliphatic heterocycles. The minimum absolute atomic E-state index is 0.0539. The normalized spacial score (nSPS) is 17.6. The first kappa shape index (κ1) is 24.3. The van der Waals surface area contributed by atoms with Crippen LogP contribution in [0, 0.1) is 0 Å². The fourth-order valence-corrected chi connectivity index (χ4v) is 6.00. The minimum Gasteiger partial charge on any atom is -0.324 e. The van der Waals surface area contributed by atoms with Gasteiger partial charge in [0.05, 0.1) is 32.2 Å². The molecule has 1 N–H and O–H groups in total. The van der Waals surface area contributed by atoms with E-state index in [2.05, 4.69) is 32.3 Å². The highest BCUT2D eigenvalue weighted by Crippen LogP contribution is 2.33. The van der Waals surface area contributed by atoms with E-state index in [4.69, 9.17) is 23.2 Å². The molecule has 2 aromatic heterocycles. The Kier molecular flexibility index (Phi) is 6.34. The number of pyridine rings is 1. The molecule has 4 aromatic rings. The third-order valence-corrected chi connectivity index (χ3v) is 7.83. The van der Waals surface area contributed by atoms with Crippen molar-refractivity contribution in [1.82, 2.24) is 19.4 Å². The van der Waals surface area contributed by atoms with Crippen molar-refractivity contribution in [2.24, 2.45) is 0 Å². The highest BCUT2D eigenvalue weighted by Gasteiger charge is 2.28. The van der Waals surface area contributed by atoms with Gasteiger partial charge in [-0.2, -0.15) is 0 Å². The number of hydrogen-bond acceptors (Lipinski definition) is 5. The van der Waals surface area contributed by atoms with Crippen LogP contribution in [0.3, 0.4) is 0 Å². The van der Waals surface area contributed by atoms with E-state index in [-0.39, 0.29) is 32.6 Å². The van der Waals surface area contributed by atoms with E-state index in [1.807, 2.05) is 6.07 Å². The van der Waals surface area contributed by atoms with Crippen molar-refractivity contribution < 1.29 is 8.78 Å². The maximum Gasteiger partial charge on any atom is 0.267 e. The van der Waals surface area contributed by atoms with Crippen molar-refractivity contribution in [3.63, 3.8) is 0 Å². The van der Waals surface area contributed by atoms with Gasteiger partial charge < -0.3 is 5.32 Å². The Labute approximate surface area is 221 Å². The van der Waals surface area contributed by atoms with Gasteiger partial charge in [0.2, 0.25) is 5.95 Å². The van der Waals surface area contributed by atoms with E-state index in [9.17, 15) is 13.6 Å². The molecule has 1 atom stereocenters. The van der Waals surface area contributed by atoms with E-state index in [1.165, 1.54) is 42.3 Å². The number of rotatable bonds is 5. The fraction of sp³-hybridized carbons (Fsp3) is 0.296. The number of nitrogens with one attached hydrogen (secondary N) is 1. The third-order valence-electron chi connectivity index (χ3n) is 7.22. The molecular weight excluding hydrogens is 519 g/mol. The number of benzene rings is 2. The molecule has 1 saturated heterocycles. The Bertz CT molecular complexity index is 1550. The summed E-state index contributed by atoms with van der Waals surface area (Å²) in [5.41, 5.74) is 2.38. The lowest BCUT2D eigenvalue weighted by Gasteiger charge is -2.22. The number of fused-ring (bicyclic) bond motifs is 2. The molecule has 6 rings (SSSR count). The molecule has 1 unspecified atom stereocenters. The molecule has 0 amide bonds. The molecule has 3 heterocycles. The van der Waals surface area contributed by atoms with Crippen molar-refractivity contribution >= 4 is 45.7 Å². The van der Waals surface area contributed by atoms with Crippen molar-refractivity contribution in [3.8, 4) is 5.69 Å². The molecule has 0 saturated carbocycles. The Morgan fingerprint density at radius 2 is 1.76 bits per heavy atom. The van der Waals surface area contributed by atoms with Crippen LogP contribution in [0.4, 0.5) is 20.4 Å². The summed E-state index contributed by atoms with van der Waals surface area (Å²) >= 11 is 12.5. The zero-order valence-electron chi connectivity index (χ0n) is 19.7. The smallest absolute Gasteiger partial charge is 0.267 e. The molecule has 10 heteroatoms. The monoisotopic (exact) mass is 541 g/mol. The lowest BCUT2D eigenvalue weighted by molar-refractivity contribution is 0.152. The van der Waals surface area contributed by atoms with Crippen LogP contribution in [0.5, 0.6) is 0 Å². The average molecular weight is 542 g/mol. The second-order valence-corrected chi connectivity index (χ2v) is 10.3. The molecule has 1 fully saturated rings. The Morgan fingerprint density at radius 1 is 1.03 bits per heavy atom. The van der Waals surface area contributed by atoms with Crippen LogP contribution >= 0.6 is 23.2 Å². The zero-order chi connectivity index (χ0) is 25.7. The summed E-state index contributed by atoms with van der Waals surface area (Å²) in [6.45, 7) is 2.32. The Hall–Kier alpha value is -3.07. The van der Waals surface area contributed by atoms with Crippen molar-refractivity contribution in [2.45, 2.75) is 38.2 Å². The maximum atomic E-state index is 14.1. The Balaban J connectivity index is 1.35. The van der Waals surface area contributed by atoms with Crippen molar-refractivity contribution in [1.29, 1.82) is 0 Å². The lowest BCUT2D eigenvalue weighted by Crippen LogP contribution is -2.33. The summed E-state index contributed by atoms with van der Waals surface area (Å²) < 4.78 is 29.3. The van der Waals surface area contributed by atoms with Crippen LogP contribution in [-0.4, -0.2) is 38.6 Å². The topological polar surface area (TPSA) is 63.1 Å². The summed E-state index contributed by atoms with van der Waals surface area (Å²) in [5, 5.41) is 3.40. The third kappa shape index (κ3) is 4.47. The van der Waals surface area contributed by atoms with E-state index in [0.717, 1.165) is 42.4 Å². The molecule has 1 aliphatic carbocycles. The van der Waals surface area contributed by atoms with Gasteiger partial charge in [0, 0.05) is 24.1 Å². The summed E-state index contributed by atoms with van der Waals surface area (Å²) in [6.07, 6.45) is 3.97. The van der Waals surface area contributed by atoms with Gasteiger partial charge >= 0.3 is 0 Å². The van der Waals surface area contributed by atoms with Gasteiger partial charge in [0.15, 0.2) is 0 Å². The molecule has 6 nitrogen and oxygen atoms in total. The van der Waals surface area contributed by atoms with Gasteiger partial charge in [-0.15, -0.1) is 0 Å². The molecule has 0 spiro atoms. The second-order valence-electron chi connectivity index (χ2n) is 9.50. The fourth-order valence-electron chi connectivity index (χ4n) is 5.42. The van der Waals surface area contributed by atoms with Crippen LogP contribution in [0.1, 0.15) is 36.0 Å². The van der Waals surface area contributed by atoms with Crippen molar-refractivity contribution in [3.05, 3.63) is 85.9 Å². The van der Waals surface area contributed by atoms with E-state index in [0.29, 0.717) is 6.04 Å². The molecule has 2 aromatic carbocycles. The van der Waals surface area contributed by atoms with Crippen LogP contribution < -0.4 is 10.9 Å². The highest BCUT2D eigenvalue weighted by molar-refractivity contribution is 6.37. The highest BCUT2D eigenvalue weighted by atomic mass is 35.5. The predicted octanol–water partition coefficient (Wildman–Crippen LogP) is 6.33. The number of halogens is 4. The average Bonchev–Trinajstić information content (AvgIpc) is 3.55. The van der Waals surface area contributed by atoms with Crippen LogP contribution in [0.2, 0.25) is 10.0 Å². The standard InChI is InChI=1S/C27H23Cl2F2N5O/c28-21-4-3-5-22(29)24(21)36-14-20(25(30)31)23-19(26(36)37)13-32-27(34-23)33-17-7-6-15-11-18(12-16(15)10-17)35-8-1-2-9-35/h3-7,10,13-14,18,25H,1-2,8-9,11-12H2,(H,32,33,34). The lowest BCUT2D eigenvalue weighted by atomic mass is 10.1. The van der Waals surface area contributed by atoms with E-state index < -0.39 is 17.5 Å². The summed E-state index contributed by atoms with van der Waals surface area (Å²) in [5.74, 6) is 0.136. The van der Waals surface area contributed by atoms with Crippen LogP contribution in [0.15, 0.2) is 53.6 Å². The first-order chi connectivity index (χ1) is 17.9. The minimum atomic E-state index is -2.89. The number of nitrogens with zero attached hydrogens (tertiary/aromatic N) is 4. The molecule has 2 aliphatic rings. The van der Waals surface area contributed by atoms with E-state index >= 15 is 0 Å². The first-order valence-corrected chi connectivity index (χ1v) is 12.9. The number of aromatic nitrogens is 3. The second kappa shape index (κ2) is 9.67. The van der Waals surface area contributed by atoms with Gasteiger partial charge in [0.25, 0.3) is 12.0 Å². The summed E-state index contributed by atoms with van der Waals surface area (Å²) in [6, 6.07) is 11.3. The summed E-state index contributed by atoms with van der Waals surface area (Å²) in [7, 11) is 0. The molecule has 37 heavy (non-hydrogen) atoms. The zero-order valence-corrected chi connectivity index (χ0v) is 21.2. The van der Waals surface area contributed by atoms with Gasteiger partial charge in [-0.05, 0) is 74.2 Å². The number of para-hydroxylation sites is 1. The maximum absolute atomic E-state index is 14.1. The van der Waals surface area contributed by atoms with Crippen molar-refractivity contribution in [2.75, 3.05) is 18.4 Å². The summed E-state index contributed by atoms with van der Waals surface area (Å²) in [4.78, 5) is 24.4. The number of likely N-dealkylation sites (tertiary alicyclic amines) is 1.